The van der Waals surface area contributed by atoms with E-state index in [4.69, 9.17) is 9.57 Å². The van der Waals surface area contributed by atoms with E-state index in [1.54, 1.807) is 48.5 Å². The number of hydroxylamine groups is 2. The van der Waals surface area contributed by atoms with E-state index in [0.717, 1.165) is 5.06 Å². The zero-order chi connectivity index (χ0) is 14.1. The first-order valence-corrected chi connectivity index (χ1v) is 6.00. The molecule has 2 aromatic rings. The number of carbonyl (C=O) groups excluding carboxylic acids is 2. The molecule has 0 aliphatic carbocycles. The fraction of sp³-hybridized carbons (Fsp3) is 0.0667. The number of ether oxygens (including phenoxy) is 1. The van der Waals surface area contributed by atoms with E-state index in [1.807, 2.05) is 0 Å². The first-order chi connectivity index (χ1) is 9.70. The van der Waals surface area contributed by atoms with Gasteiger partial charge >= 0.3 is 0 Å². The summed E-state index contributed by atoms with van der Waals surface area (Å²) < 4.78 is 5.07. The van der Waals surface area contributed by atoms with Crippen molar-refractivity contribution in [3.05, 3.63) is 59.7 Å². The quantitative estimate of drug-likeness (QED) is 0.802. The molecule has 3 rings (SSSR count). The molecular weight excluding hydrogens is 258 g/mol. The van der Waals surface area contributed by atoms with Crippen molar-refractivity contribution in [2.75, 3.05) is 7.11 Å². The highest BCUT2D eigenvalue weighted by Crippen LogP contribution is 2.26. The maximum Gasteiger partial charge on any atom is 0.295 e. The molecule has 0 saturated carbocycles. The predicted molar refractivity (Wildman–Crippen MR) is 70.6 cm³/mol. The summed E-state index contributed by atoms with van der Waals surface area (Å²) in [4.78, 5) is 29.6. The Bertz CT molecular complexity index is 661. The lowest BCUT2D eigenvalue weighted by Crippen LogP contribution is -2.33. The van der Waals surface area contributed by atoms with Crippen molar-refractivity contribution in [3.63, 3.8) is 0 Å². The van der Waals surface area contributed by atoms with Gasteiger partial charge in [-0.25, -0.2) is 0 Å². The molecule has 100 valence electrons. The van der Waals surface area contributed by atoms with Crippen LogP contribution in [0.4, 0.5) is 0 Å². The third kappa shape index (κ3) is 1.89. The van der Waals surface area contributed by atoms with E-state index < -0.39 is 11.8 Å². The van der Waals surface area contributed by atoms with Crippen LogP contribution in [-0.4, -0.2) is 24.0 Å². The Hall–Kier alpha value is -2.82. The summed E-state index contributed by atoms with van der Waals surface area (Å²) in [6.07, 6.45) is 0. The van der Waals surface area contributed by atoms with Crippen molar-refractivity contribution < 1.29 is 19.2 Å². The average Bonchev–Trinajstić information content (AvgIpc) is 2.73. The van der Waals surface area contributed by atoms with Crippen molar-refractivity contribution in [3.8, 4) is 11.5 Å². The lowest BCUT2D eigenvalue weighted by atomic mass is 10.1. The number of rotatable bonds is 3. The second-order valence-electron chi connectivity index (χ2n) is 4.22. The molecule has 0 aromatic heterocycles. The Balaban J connectivity index is 1.89. The smallest absolute Gasteiger partial charge is 0.295 e. The highest BCUT2D eigenvalue weighted by molar-refractivity contribution is 6.20. The fourth-order valence-corrected chi connectivity index (χ4v) is 2.01. The van der Waals surface area contributed by atoms with Crippen LogP contribution in [0.25, 0.3) is 0 Å². The minimum absolute atomic E-state index is 0.348. The monoisotopic (exact) mass is 269 g/mol. The number of carbonyl (C=O) groups is 2. The van der Waals surface area contributed by atoms with Crippen LogP contribution in [0.3, 0.4) is 0 Å². The summed E-state index contributed by atoms with van der Waals surface area (Å²) in [6.45, 7) is 0. The standard InChI is InChI=1S/C15H11NO4/c1-19-10-5-4-6-11(9-10)20-16-14(17)12-7-2-3-8-13(12)15(16)18/h2-9H,1H3. The van der Waals surface area contributed by atoms with Gasteiger partial charge in [0, 0.05) is 6.07 Å². The molecule has 2 amide bonds. The molecular formula is C15H11NO4. The number of fused-ring (bicyclic) bond motifs is 1. The second kappa shape index (κ2) is 4.70. The number of hydrogen-bond donors (Lipinski definition) is 0. The third-order valence-corrected chi connectivity index (χ3v) is 2.99. The summed E-state index contributed by atoms with van der Waals surface area (Å²) in [5, 5.41) is 0.763. The van der Waals surface area contributed by atoms with Gasteiger partial charge in [-0.05, 0) is 24.3 Å². The van der Waals surface area contributed by atoms with E-state index >= 15 is 0 Å². The average molecular weight is 269 g/mol. The summed E-state index contributed by atoms with van der Waals surface area (Å²) in [7, 11) is 1.53. The molecule has 0 unspecified atom stereocenters. The predicted octanol–water partition coefficient (Wildman–Crippen LogP) is 2.29. The Morgan fingerprint density at radius 2 is 1.45 bits per heavy atom. The van der Waals surface area contributed by atoms with Crippen molar-refractivity contribution in [2.45, 2.75) is 0 Å². The van der Waals surface area contributed by atoms with Gasteiger partial charge in [0.2, 0.25) is 0 Å². The Labute approximate surface area is 115 Å². The SMILES string of the molecule is COc1cccc(ON2C(=O)c3ccccc3C2=O)c1. The van der Waals surface area contributed by atoms with Crippen molar-refractivity contribution in [1.29, 1.82) is 0 Å². The highest BCUT2D eigenvalue weighted by Gasteiger charge is 2.37. The topological polar surface area (TPSA) is 55.8 Å². The van der Waals surface area contributed by atoms with Crippen LogP contribution < -0.4 is 9.57 Å². The zero-order valence-electron chi connectivity index (χ0n) is 10.7. The summed E-state index contributed by atoms with van der Waals surface area (Å²) in [5.74, 6) is 0.0137. The van der Waals surface area contributed by atoms with Crippen molar-refractivity contribution >= 4 is 11.8 Å². The molecule has 2 aromatic carbocycles. The third-order valence-electron chi connectivity index (χ3n) is 2.99. The van der Waals surface area contributed by atoms with Crippen LogP contribution in [0.1, 0.15) is 20.7 Å². The molecule has 0 radical (unpaired) electrons. The summed E-state index contributed by atoms with van der Waals surface area (Å²) in [6, 6.07) is 13.3. The van der Waals surface area contributed by atoms with Gasteiger partial charge in [-0.2, -0.15) is 0 Å². The van der Waals surface area contributed by atoms with Gasteiger partial charge in [0.1, 0.15) is 5.75 Å². The molecule has 0 bridgehead atoms. The minimum atomic E-state index is -0.464. The summed E-state index contributed by atoms with van der Waals surface area (Å²) >= 11 is 0. The molecule has 20 heavy (non-hydrogen) atoms. The molecule has 0 atom stereocenters. The normalized spacial score (nSPS) is 13.3. The van der Waals surface area contributed by atoms with Gasteiger partial charge in [-0.3, -0.25) is 9.59 Å². The van der Waals surface area contributed by atoms with Crippen molar-refractivity contribution in [2.24, 2.45) is 0 Å². The Kier molecular flexibility index (Phi) is 2.87. The van der Waals surface area contributed by atoms with Crippen LogP contribution in [0, 0.1) is 0 Å². The molecule has 5 nitrogen and oxygen atoms in total. The van der Waals surface area contributed by atoms with E-state index in [9.17, 15) is 9.59 Å². The van der Waals surface area contributed by atoms with E-state index in [0.29, 0.717) is 22.6 Å². The molecule has 5 heteroatoms. The minimum Gasteiger partial charge on any atom is -0.497 e. The largest absolute Gasteiger partial charge is 0.497 e. The maximum absolute atomic E-state index is 12.1. The lowest BCUT2D eigenvalue weighted by Gasteiger charge is -2.14. The van der Waals surface area contributed by atoms with Gasteiger partial charge in [-0.1, -0.05) is 23.3 Å². The van der Waals surface area contributed by atoms with Crippen LogP contribution >= 0.6 is 0 Å². The second-order valence-corrected chi connectivity index (χ2v) is 4.22. The van der Waals surface area contributed by atoms with E-state index in [1.165, 1.54) is 7.11 Å². The van der Waals surface area contributed by atoms with Gasteiger partial charge in [0.15, 0.2) is 5.75 Å². The molecule has 1 aliphatic rings. The zero-order valence-corrected chi connectivity index (χ0v) is 10.7. The molecule has 0 N–H and O–H groups in total. The molecule has 0 spiro atoms. The van der Waals surface area contributed by atoms with E-state index in [-0.39, 0.29) is 0 Å². The number of imide groups is 1. The maximum atomic E-state index is 12.1. The Morgan fingerprint density at radius 3 is 2.05 bits per heavy atom. The van der Waals surface area contributed by atoms with Gasteiger partial charge < -0.3 is 9.57 Å². The number of hydrogen-bond acceptors (Lipinski definition) is 4. The van der Waals surface area contributed by atoms with Gasteiger partial charge in [0.25, 0.3) is 11.8 Å². The number of nitrogens with zero attached hydrogens (tertiary/aromatic N) is 1. The van der Waals surface area contributed by atoms with Gasteiger partial charge in [0.05, 0.1) is 18.2 Å². The first kappa shape index (κ1) is 12.2. The molecule has 1 heterocycles. The summed E-state index contributed by atoms with van der Waals surface area (Å²) in [5.41, 5.74) is 0.695. The molecule has 1 aliphatic heterocycles. The lowest BCUT2D eigenvalue weighted by molar-refractivity contribution is -0.0142. The fourth-order valence-electron chi connectivity index (χ4n) is 2.01. The van der Waals surface area contributed by atoms with Crippen LogP contribution in [0.5, 0.6) is 11.5 Å². The first-order valence-electron chi connectivity index (χ1n) is 6.00. The molecule has 0 fully saturated rings. The highest BCUT2D eigenvalue weighted by atomic mass is 16.7. The number of methoxy groups -OCH3 is 1. The Morgan fingerprint density at radius 1 is 0.850 bits per heavy atom. The van der Waals surface area contributed by atoms with Crippen LogP contribution in [0.2, 0.25) is 0 Å². The number of amides is 2. The van der Waals surface area contributed by atoms with Gasteiger partial charge in [-0.15, -0.1) is 0 Å². The van der Waals surface area contributed by atoms with E-state index in [2.05, 4.69) is 0 Å². The van der Waals surface area contributed by atoms with Crippen LogP contribution in [0.15, 0.2) is 48.5 Å². The number of benzene rings is 2. The van der Waals surface area contributed by atoms with Crippen molar-refractivity contribution in [1.82, 2.24) is 5.06 Å². The van der Waals surface area contributed by atoms with Crippen LogP contribution in [-0.2, 0) is 0 Å². The molecule has 0 saturated heterocycles.